The van der Waals surface area contributed by atoms with Crippen LogP contribution in [0.4, 0.5) is 4.39 Å². The summed E-state index contributed by atoms with van der Waals surface area (Å²) in [4.78, 5) is 0. The molecule has 4 heteroatoms. The monoisotopic (exact) mass is 234 g/mol. The number of ether oxygens (including phenoxy) is 1. The Balaban J connectivity index is 2.62. The van der Waals surface area contributed by atoms with Gasteiger partial charge >= 0.3 is 0 Å². The Kier molecular flexibility index (Phi) is 3.13. The van der Waals surface area contributed by atoms with Crippen LogP contribution in [-0.2, 0) is 13.5 Å². The van der Waals surface area contributed by atoms with Gasteiger partial charge in [0.15, 0.2) is 0 Å². The van der Waals surface area contributed by atoms with E-state index in [2.05, 4.69) is 5.10 Å². The Bertz CT molecular complexity index is 534. The third-order valence-corrected chi connectivity index (χ3v) is 2.85. The smallest absolute Gasteiger partial charge is 0.127 e. The van der Waals surface area contributed by atoms with Crippen LogP contribution in [0.5, 0.6) is 5.75 Å². The standard InChI is InChI=1S/C13H15FN2O/c1-4-12-11(8-15-16(12)2)10-7-9(14)5-6-13(10)17-3/h5-8H,4H2,1-3H3. The molecule has 2 aromatic rings. The molecule has 1 aromatic heterocycles. The fraction of sp³-hybridized carbons (Fsp3) is 0.308. The minimum absolute atomic E-state index is 0.272. The zero-order valence-corrected chi connectivity index (χ0v) is 10.2. The lowest BCUT2D eigenvalue weighted by molar-refractivity contribution is 0.415. The van der Waals surface area contributed by atoms with Crippen molar-refractivity contribution in [3.8, 4) is 16.9 Å². The van der Waals surface area contributed by atoms with Gasteiger partial charge in [-0.15, -0.1) is 0 Å². The topological polar surface area (TPSA) is 27.1 Å². The Hall–Kier alpha value is -1.84. The average molecular weight is 234 g/mol. The first-order valence-electron chi connectivity index (χ1n) is 5.52. The number of hydrogen-bond acceptors (Lipinski definition) is 2. The second-order valence-corrected chi connectivity index (χ2v) is 3.83. The predicted octanol–water partition coefficient (Wildman–Crippen LogP) is 2.80. The largest absolute Gasteiger partial charge is 0.496 e. The predicted molar refractivity (Wildman–Crippen MR) is 64.5 cm³/mol. The highest BCUT2D eigenvalue weighted by molar-refractivity contribution is 5.72. The molecule has 3 nitrogen and oxygen atoms in total. The number of benzene rings is 1. The first-order chi connectivity index (χ1) is 8.17. The normalized spacial score (nSPS) is 10.6. The Morgan fingerprint density at radius 2 is 2.12 bits per heavy atom. The maximum absolute atomic E-state index is 13.3. The fourth-order valence-corrected chi connectivity index (χ4v) is 2.00. The Morgan fingerprint density at radius 1 is 1.35 bits per heavy atom. The van der Waals surface area contributed by atoms with Crippen molar-refractivity contribution in [2.24, 2.45) is 7.05 Å². The van der Waals surface area contributed by atoms with Gasteiger partial charge in [0, 0.05) is 23.9 Å². The summed E-state index contributed by atoms with van der Waals surface area (Å²) in [6, 6.07) is 4.51. The van der Waals surface area contributed by atoms with E-state index in [4.69, 9.17) is 4.74 Å². The molecule has 90 valence electrons. The average Bonchev–Trinajstić information content (AvgIpc) is 2.70. The highest BCUT2D eigenvalue weighted by Gasteiger charge is 2.14. The molecule has 0 bridgehead atoms. The molecule has 0 amide bonds. The van der Waals surface area contributed by atoms with Crippen molar-refractivity contribution in [1.29, 1.82) is 0 Å². The van der Waals surface area contributed by atoms with Gasteiger partial charge in [0.05, 0.1) is 13.3 Å². The molecule has 0 saturated carbocycles. The van der Waals surface area contributed by atoms with Crippen molar-refractivity contribution in [1.82, 2.24) is 9.78 Å². The molecule has 0 N–H and O–H groups in total. The number of methoxy groups -OCH3 is 1. The number of halogens is 1. The summed E-state index contributed by atoms with van der Waals surface area (Å²) < 4.78 is 20.4. The molecule has 0 spiro atoms. The van der Waals surface area contributed by atoms with Crippen LogP contribution < -0.4 is 4.74 Å². The van der Waals surface area contributed by atoms with E-state index in [1.807, 2.05) is 14.0 Å². The van der Waals surface area contributed by atoms with Crippen molar-refractivity contribution in [3.63, 3.8) is 0 Å². The van der Waals surface area contributed by atoms with Gasteiger partial charge in [-0.05, 0) is 24.6 Å². The van der Waals surface area contributed by atoms with E-state index in [1.54, 1.807) is 24.1 Å². The molecular weight excluding hydrogens is 219 g/mol. The van der Waals surface area contributed by atoms with Crippen LogP contribution in [0.3, 0.4) is 0 Å². The molecule has 0 atom stereocenters. The Morgan fingerprint density at radius 3 is 2.76 bits per heavy atom. The summed E-state index contributed by atoms with van der Waals surface area (Å²) in [7, 11) is 3.47. The quantitative estimate of drug-likeness (QED) is 0.816. The van der Waals surface area contributed by atoms with Crippen molar-refractivity contribution in [2.75, 3.05) is 7.11 Å². The maximum atomic E-state index is 13.3. The van der Waals surface area contributed by atoms with Crippen LogP contribution in [-0.4, -0.2) is 16.9 Å². The molecule has 0 unspecified atom stereocenters. The van der Waals surface area contributed by atoms with Crippen molar-refractivity contribution in [3.05, 3.63) is 35.9 Å². The lowest BCUT2D eigenvalue weighted by atomic mass is 10.0. The minimum Gasteiger partial charge on any atom is -0.496 e. The molecule has 0 aliphatic carbocycles. The number of nitrogens with zero attached hydrogens (tertiary/aromatic N) is 2. The summed E-state index contributed by atoms with van der Waals surface area (Å²) in [6.45, 7) is 2.05. The first kappa shape index (κ1) is 11.6. The number of rotatable bonds is 3. The van der Waals surface area contributed by atoms with Gasteiger partial charge in [-0.1, -0.05) is 6.92 Å². The molecule has 0 radical (unpaired) electrons. The number of aromatic nitrogens is 2. The van der Waals surface area contributed by atoms with E-state index < -0.39 is 0 Å². The third kappa shape index (κ3) is 2.02. The Labute approximate surface area is 99.8 Å². The second-order valence-electron chi connectivity index (χ2n) is 3.83. The van der Waals surface area contributed by atoms with E-state index in [0.29, 0.717) is 5.75 Å². The highest BCUT2D eigenvalue weighted by Crippen LogP contribution is 2.32. The van der Waals surface area contributed by atoms with Gasteiger partial charge in [0.2, 0.25) is 0 Å². The van der Waals surface area contributed by atoms with Gasteiger partial charge in [-0.25, -0.2) is 4.39 Å². The molecule has 0 saturated heterocycles. The molecule has 0 aliphatic rings. The van der Waals surface area contributed by atoms with Gasteiger partial charge in [-0.3, -0.25) is 4.68 Å². The van der Waals surface area contributed by atoms with E-state index in [1.165, 1.54) is 12.1 Å². The molecule has 0 fully saturated rings. The number of aryl methyl sites for hydroxylation is 1. The van der Waals surface area contributed by atoms with Crippen LogP contribution in [0.1, 0.15) is 12.6 Å². The van der Waals surface area contributed by atoms with E-state index in [-0.39, 0.29) is 5.82 Å². The number of hydrogen-bond donors (Lipinski definition) is 0. The SMILES string of the molecule is CCc1c(-c2cc(F)ccc2OC)cnn1C. The molecule has 0 aliphatic heterocycles. The second kappa shape index (κ2) is 4.57. The zero-order chi connectivity index (χ0) is 12.4. The summed E-state index contributed by atoms with van der Waals surface area (Å²) in [5, 5.41) is 4.21. The molecule has 1 aromatic carbocycles. The van der Waals surface area contributed by atoms with Crippen LogP contribution in [0.25, 0.3) is 11.1 Å². The van der Waals surface area contributed by atoms with E-state index >= 15 is 0 Å². The van der Waals surface area contributed by atoms with Gasteiger partial charge < -0.3 is 4.74 Å². The summed E-state index contributed by atoms with van der Waals surface area (Å²) in [5.41, 5.74) is 2.73. The van der Waals surface area contributed by atoms with Crippen molar-refractivity contribution >= 4 is 0 Å². The molecule has 1 heterocycles. The zero-order valence-electron chi connectivity index (χ0n) is 10.2. The highest BCUT2D eigenvalue weighted by atomic mass is 19.1. The molecular formula is C13H15FN2O. The van der Waals surface area contributed by atoms with Crippen molar-refractivity contribution < 1.29 is 9.13 Å². The first-order valence-corrected chi connectivity index (χ1v) is 5.52. The maximum Gasteiger partial charge on any atom is 0.127 e. The van der Waals surface area contributed by atoms with Gasteiger partial charge in [0.25, 0.3) is 0 Å². The van der Waals surface area contributed by atoms with Gasteiger partial charge in [-0.2, -0.15) is 5.10 Å². The summed E-state index contributed by atoms with van der Waals surface area (Å²) in [6.07, 6.45) is 2.58. The third-order valence-electron chi connectivity index (χ3n) is 2.85. The minimum atomic E-state index is -0.272. The van der Waals surface area contributed by atoms with E-state index in [9.17, 15) is 4.39 Å². The molecule has 2 rings (SSSR count). The van der Waals surface area contributed by atoms with Crippen LogP contribution in [0.2, 0.25) is 0 Å². The lowest BCUT2D eigenvalue weighted by Gasteiger charge is -2.09. The lowest BCUT2D eigenvalue weighted by Crippen LogP contribution is -1.98. The summed E-state index contributed by atoms with van der Waals surface area (Å²) >= 11 is 0. The van der Waals surface area contributed by atoms with Crippen LogP contribution in [0, 0.1) is 5.82 Å². The van der Waals surface area contributed by atoms with Crippen LogP contribution >= 0.6 is 0 Å². The van der Waals surface area contributed by atoms with Gasteiger partial charge in [0.1, 0.15) is 11.6 Å². The van der Waals surface area contributed by atoms with Crippen LogP contribution in [0.15, 0.2) is 24.4 Å². The summed E-state index contributed by atoms with van der Waals surface area (Å²) in [5.74, 6) is 0.390. The van der Waals surface area contributed by atoms with Crippen molar-refractivity contribution in [2.45, 2.75) is 13.3 Å². The molecule has 17 heavy (non-hydrogen) atoms. The van der Waals surface area contributed by atoms with E-state index in [0.717, 1.165) is 23.2 Å². The fourth-order valence-electron chi connectivity index (χ4n) is 2.00.